The third-order valence-electron chi connectivity index (χ3n) is 2.60. The summed E-state index contributed by atoms with van der Waals surface area (Å²) in [5, 5.41) is 0. The summed E-state index contributed by atoms with van der Waals surface area (Å²) in [5.41, 5.74) is 0. The largest absolute Gasteiger partial charge is 0.383 e. The van der Waals surface area contributed by atoms with Gasteiger partial charge in [0.1, 0.15) is 5.78 Å². The molecule has 1 fully saturated rings. The van der Waals surface area contributed by atoms with Crippen molar-refractivity contribution < 1.29 is 14.3 Å². The van der Waals surface area contributed by atoms with Crippen molar-refractivity contribution in [1.82, 2.24) is 4.90 Å². The summed E-state index contributed by atoms with van der Waals surface area (Å²) in [7, 11) is 1.62. The predicted octanol–water partition coefficient (Wildman–Crippen LogP) is 0.946. The number of ketones is 1. The van der Waals surface area contributed by atoms with Gasteiger partial charge in [0, 0.05) is 25.4 Å². The van der Waals surface area contributed by atoms with E-state index in [2.05, 4.69) is 0 Å². The average molecular weight is 245 g/mol. The summed E-state index contributed by atoms with van der Waals surface area (Å²) in [5.74, 6) is 1.95. The highest BCUT2D eigenvalue weighted by Gasteiger charge is 2.26. The van der Waals surface area contributed by atoms with Crippen LogP contribution in [0.1, 0.15) is 19.8 Å². The molecule has 1 saturated heterocycles. The number of methoxy groups -OCH3 is 1. The minimum Gasteiger partial charge on any atom is -0.383 e. The molecule has 1 heterocycles. The topological polar surface area (TPSA) is 46.6 Å². The molecule has 1 atom stereocenters. The van der Waals surface area contributed by atoms with Gasteiger partial charge in [0.15, 0.2) is 0 Å². The SMILES string of the molecule is COCCN(C(=O)CC(C)=O)C1CCSC1. The van der Waals surface area contributed by atoms with Gasteiger partial charge in [0.05, 0.1) is 13.0 Å². The maximum absolute atomic E-state index is 11.9. The summed E-state index contributed by atoms with van der Waals surface area (Å²) < 4.78 is 5.00. The van der Waals surface area contributed by atoms with Crippen LogP contribution < -0.4 is 0 Å². The van der Waals surface area contributed by atoms with Crippen LogP contribution in [0.3, 0.4) is 0 Å². The first kappa shape index (κ1) is 13.5. The Hall–Kier alpha value is -0.550. The Morgan fingerprint density at radius 3 is 2.75 bits per heavy atom. The molecule has 92 valence electrons. The molecule has 1 aliphatic heterocycles. The number of amides is 1. The summed E-state index contributed by atoms with van der Waals surface area (Å²) >= 11 is 1.86. The second-order valence-corrected chi connectivity index (χ2v) is 5.13. The Balaban J connectivity index is 2.54. The molecule has 4 nitrogen and oxygen atoms in total. The lowest BCUT2D eigenvalue weighted by molar-refractivity contribution is -0.136. The highest BCUT2D eigenvalue weighted by Crippen LogP contribution is 2.22. The molecule has 1 rings (SSSR count). The van der Waals surface area contributed by atoms with E-state index in [-0.39, 0.29) is 24.2 Å². The molecule has 0 bridgehead atoms. The van der Waals surface area contributed by atoms with Gasteiger partial charge in [0.2, 0.25) is 5.91 Å². The van der Waals surface area contributed by atoms with Crippen LogP contribution in [0.2, 0.25) is 0 Å². The second-order valence-electron chi connectivity index (χ2n) is 3.98. The van der Waals surface area contributed by atoms with Gasteiger partial charge in [-0.2, -0.15) is 11.8 Å². The fourth-order valence-electron chi connectivity index (χ4n) is 1.78. The molecule has 5 heteroatoms. The van der Waals surface area contributed by atoms with E-state index in [1.54, 1.807) is 7.11 Å². The van der Waals surface area contributed by atoms with Gasteiger partial charge in [-0.15, -0.1) is 0 Å². The molecule has 0 N–H and O–H groups in total. The number of hydrogen-bond acceptors (Lipinski definition) is 4. The van der Waals surface area contributed by atoms with Crippen LogP contribution in [0.5, 0.6) is 0 Å². The van der Waals surface area contributed by atoms with Crippen molar-refractivity contribution in [2.45, 2.75) is 25.8 Å². The first-order valence-electron chi connectivity index (χ1n) is 5.50. The van der Waals surface area contributed by atoms with E-state index in [9.17, 15) is 9.59 Å². The smallest absolute Gasteiger partial charge is 0.230 e. The predicted molar refractivity (Wildman–Crippen MR) is 64.6 cm³/mol. The number of rotatable bonds is 6. The minimum absolute atomic E-state index is 0.0187. The number of Topliss-reactive ketones (excluding diaryl/α,β-unsaturated/α-hetero) is 1. The zero-order valence-corrected chi connectivity index (χ0v) is 10.7. The lowest BCUT2D eigenvalue weighted by atomic mass is 10.2. The zero-order chi connectivity index (χ0) is 12.0. The Kier molecular flexibility index (Phi) is 5.84. The van der Waals surface area contributed by atoms with Crippen molar-refractivity contribution in [1.29, 1.82) is 0 Å². The van der Waals surface area contributed by atoms with Crippen LogP contribution in [0, 0.1) is 0 Å². The molecule has 0 aromatic carbocycles. The number of ether oxygens (including phenoxy) is 1. The number of carbonyl (C=O) groups excluding carboxylic acids is 2. The maximum Gasteiger partial charge on any atom is 0.230 e. The van der Waals surface area contributed by atoms with Crippen molar-refractivity contribution in [3.05, 3.63) is 0 Å². The Morgan fingerprint density at radius 2 is 2.25 bits per heavy atom. The molecule has 1 aliphatic rings. The average Bonchev–Trinajstić information content (AvgIpc) is 2.70. The van der Waals surface area contributed by atoms with Crippen LogP contribution in [-0.2, 0) is 14.3 Å². The summed E-state index contributed by atoms with van der Waals surface area (Å²) in [6, 6.07) is 0.284. The molecule has 0 aromatic heterocycles. The van der Waals surface area contributed by atoms with E-state index < -0.39 is 0 Å². The van der Waals surface area contributed by atoms with Gasteiger partial charge in [-0.05, 0) is 19.1 Å². The van der Waals surface area contributed by atoms with Gasteiger partial charge < -0.3 is 9.64 Å². The van der Waals surface area contributed by atoms with Gasteiger partial charge >= 0.3 is 0 Å². The van der Waals surface area contributed by atoms with Gasteiger partial charge in [0.25, 0.3) is 0 Å². The molecule has 1 amide bonds. The van der Waals surface area contributed by atoms with Gasteiger partial charge in [-0.25, -0.2) is 0 Å². The van der Waals surface area contributed by atoms with E-state index in [1.807, 2.05) is 16.7 Å². The van der Waals surface area contributed by atoms with Crippen molar-refractivity contribution in [3.63, 3.8) is 0 Å². The van der Waals surface area contributed by atoms with Crippen LogP contribution in [-0.4, -0.2) is 54.4 Å². The first-order valence-corrected chi connectivity index (χ1v) is 6.66. The molecule has 16 heavy (non-hydrogen) atoms. The molecule has 1 unspecified atom stereocenters. The molecule has 0 saturated carbocycles. The van der Waals surface area contributed by atoms with E-state index in [0.717, 1.165) is 17.9 Å². The van der Waals surface area contributed by atoms with Gasteiger partial charge in [-0.3, -0.25) is 9.59 Å². The lowest BCUT2D eigenvalue weighted by Crippen LogP contribution is -2.43. The van der Waals surface area contributed by atoms with E-state index in [0.29, 0.717) is 13.2 Å². The Morgan fingerprint density at radius 1 is 1.50 bits per heavy atom. The molecule has 0 radical (unpaired) electrons. The number of carbonyl (C=O) groups is 2. The third-order valence-corrected chi connectivity index (χ3v) is 3.75. The summed E-state index contributed by atoms with van der Waals surface area (Å²) in [6.45, 7) is 2.58. The first-order chi connectivity index (χ1) is 7.65. The molecule has 0 aromatic rings. The van der Waals surface area contributed by atoms with Crippen LogP contribution >= 0.6 is 11.8 Å². The molecule has 0 spiro atoms. The van der Waals surface area contributed by atoms with Gasteiger partial charge in [-0.1, -0.05) is 0 Å². The molecular weight excluding hydrogens is 226 g/mol. The lowest BCUT2D eigenvalue weighted by Gasteiger charge is -2.28. The van der Waals surface area contributed by atoms with E-state index in [4.69, 9.17) is 4.74 Å². The van der Waals surface area contributed by atoms with Crippen molar-refractivity contribution in [2.75, 3.05) is 31.8 Å². The van der Waals surface area contributed by atoms with E-state index in [1.165, 1.54) is 6.92 Å². The Labute approximate surface area is 101 Å². The van der Waals surface area contributed by atoms with Crippen LogP contribution in [0.25, 0.3) is 0 Å². The normalized spacial score (nSPS) is 19.8. The monoisotopic (exact) mass is 245 g/mol. The minimum atomic E-state index is -0.0712. The highest BCUT2D eigenvalue weighted by molar-refractivity contribution is 7.99. The highest BCUT2D eigenvalue weighted by atomic mass is 32.2. The molecule has 0 aliphatic carbocycles. The third kappa shape index (κ3) is 4.14. The van der Waals surface area contributed by atoms with Crippen LogP contribution in [0.15, 0.2) is 0 Å². The fraction of sp³-hybridized carbons (Fsp3) is 0.818. The fourth-order valence-corrected chi connectivity index (χ4v) is 3.01. The second kappa shape index (κ2) is 6.91. The van der Waals surface area contributed by atoms with Crippen molar-refractivity contribution >= 4 is 23.5 Å². The molecular formula is C11H19NO3S. The number of nitrogens with zero attached hydrogens (tertiary/aromatic N) is 1. The Bertz CT molecular complexity index is 252. The number of hydrogen-bond donors (Lipinski definition) is 0. The van der Waals surface area contributed by atoms with E-state index >= 15 is 0 Å². The van der Waals surface area contributed by atoms with Crippen molar-refractivity contribution in [3.8, 4) is 0 Å². The standard InChI is InChI=1S/C11H19NO3S/c1-9(13)7-11(14)12(4-5-15-2)10-3-6-16-8-10/h10H,3-8H2,1-2H3. The zero-order valence-electron chi connectivity index (χ0n) is 9.90. The summed E-state index contributed by atoms with van der Waals surface area (Å²) in [4.78, 5) is 24.7. The van der Waals surface area contributed by atoms with Crippen LogP contribution in [0.4, 0.5) is 0 Å². The quantitative estimate of drug-likeness (QED) is 0.654. The maximum atomic E-state index is 11.9. The summed E-state index contributed by atoms with van der Waals surface area (Å²) in [6.07, 6.45) is 1.04. The van der Waals surface area contributed by atoms with Crippen molar-refractivity contribution in [2.24, 2.45) is 0 Å². The number of thioether (sulfide) groups is 1.